The molecular weight excluding hydrogens is 359 g/mol. The van der Waals surface area contributed by atoms with Gasteiger partial charge in [-0.2, -0.15) is 5.10 Å². The molecule has 0 radical (unpaired) electrons. The molecule has 1 aliphatic heterocycles. The lowest BCUT2D eigenvalue weighted by atomic mass is 9.78. The van der Waals surface area contributed by atoms with Gasteiger partial charge in [0.15, 0.2) is 0 Å². The van der Waals surface area contributed by atoms with E-state index in [1.807, 2.05) is 46.8 Å². The van der Waals surface area contributed by atoms with Gasteiger partial charge in [0, 0.05) is 0 Å². The number of nitrogens with two attached hydrogens (primary N) is 1. The average molecular weight is 386 g/mol. The Bertz CT molecular complexity index is 866. The maximum atomic E-state index is 6.14. The number of nitrogens with zero attached hydrogens (tertiary/aromatic N) is 3. The Hall–Kier alpha value is -2.52. The minimum atomic E-state index is -0.522. The topological polar surface area (TPSA) is 93.1 Å². The number of methoxy groups -OCH3 is 2. The zero-order valence-electron chi connectivity index (χ0n) is 17.4. The van der Waals surface area contributed by atoms with Crippen molar-refractivity contribution in [2.24, 2.45) is 5.10 Å². The van der Waals surface area contributed by atoms with Crippen LogP contribution in [0, 0.1) is 6.92 Å². The smallest absolute Gasteiger partial charge is 0.495 e. The Morgan fingerprint density at radius 3 is 2.07 bits per heavy atom. The van der Waals surface area contributed by atoms with Crippen LogP contribution in [0.3, 0.4) is 0 Å². The molecule has 1 fully saturated rings. The van der Waals surface area contributed by atoms with Crippen molar-refractivity contribution in [1.29, 1.82) is 0 Å². The van der Waals surface area contributed by atoms with Gasteiger partial charge in [0.25, 0.3) is 0 Å². The number of aryl methyl sites for hydroxylation is 1. The van der Waals surface area contributed by atoms with Gasteiger partial charge in [0.2, 0.25) is 5.95 Å². The standard InChI is InChI=1S/C19H27BN4O4/c1-12-11-24(17(21)23-12)22-10-14-15(25-6)8-13(9-16(14)26-7)20-27-18(2,3)19(4,5)28-20/h8-11H,1-7H3,(H2,21,23). The normalized spacial score (nSPS) is 18.0. The van der Waals surface area contributed by atoms with Gasteiger partial charge in [-0.25, -0.2) is 9.66 Å². The molecule has 2 N–H and O–H groups in total. The highest BCUT2D eigenvalue weighted by Gasteiger charge is 2.52. The summed E-state index contributed by atoms with van der Waals surface area (Å²) in [7, 11) is 2.66. The van der Waals surface area contributed by atoms with E-state index in [1.165, 1.54) is 4.68 Å². The SMILES string of the molecule is COc1cc(B2OC(C)(C)C(C)(C)O2)cc(OC)c1C=Nn1cc(C)nc1N. The molecule has 1 aromatic heterocycles. The van der Waals surface area contributed by atoms with Gasteiger partial charge in [-0.3, -0.25) is 0 Å². The highest BCUT2D eigenvalue weighted by atomic mass is 16.7. The molecular formula is C19H27BN4O4. The number of hydrogen-bond acceptors (Lipinski definition) is 7. The van der Waals surface area contributed by atoms with Crippen molar-refractivity contribution in [3.63, 3.8) is 0 Å². The Morgan fingerprint density at radius 1 is 1.11 bits per heavy atom. The van der Waals surface area contributed by atoms with Crippen LogP contribution < -0.4 is 20.7 Å². The number of benzene rings is 1. The third kappa shape index (κ3) is 3.59. The fraction of sp³-hybridized carbons (Fsp3) is 0.474. The number of ether oxygens (including phenoxy) is 2. The lowest BCUT2D eigenvalue weighted by molar-refractivity contribution is 0.00578. The number of nitrogen functional groups attached to an aromatic ring is 1. The number of hydrogen-bond donors (Lipinski definition) is 1. The van der Waals surface area contributed by atoms with E-state index in [2.05, 4.69) is 10.1 Å². The maximum Gasteiger partial charge on any atom is 0.495 e. The summed E-state index contributed by atoms with van der Waals surface area (Å²) in [6.07, 6.45) is 3.37. The van der Waals surface area contributed by atoms with Crippen LogP contribution in [-0.4, -0.2) is 48.4 Å². The van der Waals surface area contributed by atoms with E-state index in [0.717, 1.165) is 11.2 Å². The Morgan fingerprint density at radius 2 is 1.64 bits per heavy atom. The van der Waals surface area contributed by atoms with Crippen LogP contribution in [0.2, 0.25) is 0 Å². The minimum Gasteiger partial charge on any atom is -0.496 e. The third-order valence-corrected chi connectivity index (χ3v) is 5.24. The quantitative estimate of drug-likeness (QED) is 0.624. The second kappa shape index (κ2) is 7.14. The van der Waals surface area contributed by atoms with Crippen LogP contribution in [0.5, 0.6) is 11.5 Å². The van der Waals surface area contributed by atoms with Crippen molar-refractivity contribution in [3.8, 4) is 11.5 Å². The van der Waals surface area contributed by atoms with Gasteiger partial charge in [-0.1, -0.05) is 0 Å². The van der Waals surface area contributed by atoms with Crippen molar-refractivity contribution in [2.75, 3.05) is 20.0 Å². The first-order valence-electron chi connectivity index (χ1n) is 9.05. The Balaban J connectivity index is 1.98. The predicted molar refractivity (Wildman–Crippen MR) is 110 cm³/mol. The van der Waals surface area contributed by atoms with Gasteiger partial charge in [0.1, 0.15) is 11.5 Å². The summed E-state index contributed by atoms with van der Waals surface area (Å²) in [4.78, 5) is 4.13. The monoisotopic (exact) mass is 386 g/mol. The molecule has 0 spiro atoms. The second-order valence-corrected chi connectivity index (χ2v) is 7.76. The molecule has 0 saturated carbocycles. The lowest BCUT2D eigenvalue weighted by Gasteiger charge is -2.32. The molecule has 0 unspecified atom stereocenters. The van der Waals surface area contributed by atoms with Crippen molar-refractivity contribution >= 4 is 24.7 Å². The van der Waals surface area contributed by atoms with E-state index in [4.69, 9.17) is 24.5 Å². The van der Waals surface area contributed by atoms with E-state index in [0.29, 0.717) is 23.0 Å². The number of imidazole rings is 1. The maximum absolute atomic E-state index is 6.14. The van der Waals surface area contributed by atoms with Gasteiger partial charge in [-0.15, -0.1) is 0 Å². The van der Waals surface area contributed by atoms with Gasteiger partial charge >= 0.3 is 7.12 Å². The molecule has 3 rings (SSSR count). The number of anilines is 1. The molecule has 1 aliphatic rings. The summed E-state index contributed by atoms with van der Waals surface area (Å²) in [5, 5.41) is 4.37. The van der Waals surface area contributed by atoms with E-state index in [1.54, 1.807) is 26.6 Å². The first-order valence-corrected chi connectivity index (χ1v) is 9.05. The summed E-state index contributed by atoms with van der Waals surface area (Å²) >= 11 is 0. The fourth-order valence-electron chi connectivity index (χ4n) is 2.92. The van der Waals surface area contributed by atoms with E-state index < -0.39 is 18.3 Å². The highest BCUT2D eigenvalue weighted by Crippen LogP contribution is 2.37. The average Bonchev–Trinajstić information content (AvgIpc) is 3.05. The summed E-state index contributed by atoms with van der Waals surface area (Å²) in [5.74, 6) is 1.48. The second-order valence-electron chi connectivity index (χ2n) is 7.76. The van der Waals surface area contributed by atoms with Gasteiger partial charge < -0.3 is 24.5 Å². The Labute approximate surface area is 165 Å². The highest BCUT2D eigenvalue weighted by molar-refractivity contribution is 6.62. The molecule has 28 heavy (non-hydrogen) atoms. The van der Waals surface area contributed by atoms with Crippen LogP contribution >= 0.6 is 0 Å². The molecule has 0 aliphatic carbocycles. The largest absolute Gasteiger partial charge is 0.496 e. The number of aromatic nitrogens is 2. The van der Waals surface area contributed by atoms with Gasteiger partial charge in [-0.05, 0) is 52.2 Å². The molecule has 0 bridgehead atoms. The molecule has 150 valence electrons. The van der Waals surface area contributed by atoms with Crippen LogP contribution in [0.15, 0.2) is 23.4 Å². The molecule has 9 heteroatoms. The molecule has 2 heterocycles. The summed E-state index contributed by atoms with van der Waals surface area (Å²) in [5.41, 5.74) is 7.24. The first-order chi connectivity index (χ1) is 13.1. The number of rotatable bonds is 5. The van der Waals surface area contributed by atoms with E-state index >= 15 is 0 Å². The molecule has 2 aromatic rings. The lowest BCUT2D eigenvalue weighted by Crippen LogP contribution is -2.41. The predicted octanol–water partition coefficient (Wildman–Crippen LogP) is 1.97. The van der Waals surface area contributed by atoms with Crippen molar-refractivity contribution in [3.05, 3.63) is 29.6 Å². The van der Waals surface area contributed by atoms with Crippen molar-refractivity contribution in [2.45, 2.75) is 45.8 Å². The Kier molecular flexibility index (Phi) is 5.16. The van der Waals surface area contributed by atoms with Crippen LogP contribution in [0.25, 0.3) is 0 Å². The minimum absolute atomic E-state index is 0.306. The van der Waals surface area contributed by atoms with Crippen molar-refractivity contribution < 1.29 is 18.8 Å². The van der Waals surface area contributed by atoms with Crippen molar-refractivity contribution in [1.82, 2.24) is 9.66 Å². The zero-order chi connectivity index (χ0) is 20.7. The molecule has 0 atom stereocenters. The van der Waals surface area contributed by atoms with E-state index in [9.17, 15) is 0 Å². The van der Waals surface area contributed by atoms with E-state index in [-0.39, 0.29) is 0 Å². The summed E-state index contributed by atoms with van der Waals surface area (Å²) in [6.45, 7) is 9.91. The van der Waals surface area contributed by atoms with Crippen LogP contribution in [0.4, 0.5) is 5.95 Å². The molecule has 0 amide bonds. The molecule has 1 aromatic carbocycles. The zero-order valence-corrected chi connectivity index (χ0v) is 17.4. The first kappa shape index (κ1) is 20.2. The van der Waals surface area contributed by atoms with Gasteiger partial charge in [0.05, 0.1) is 49.1 Å². The van der Waals surface area contributed by atoms with Crippen LogP contribution in [0.1, 0.15) is 39.0 Å². The third-order valence-electron chi connectivity index (χ3n) is 5.24. The summed E-state index contributed by atoms with van der Waals surface area (Å²) < 4.78 is 24.9. The molecule has 8 nitrogen and oxygen atoms in total. The fourth-order valence-corrected chi connectivity index (χ4v) is 2.92. The summed E-state index contributed by atoms with van der Waals surface area (Å²) in [6, 6.07) is 3.74. The molecule has 1 saturated heterocycles. The van der Waals surface area contributed by atoms with Crippen LogP contribution in [-0.2, 0) is 9.31 Å².